The van der Waals surface area contributed by atoms with Gasteiger partial charge in [0, 0.05) is 44.7 Å². The number of piperidine rings is 1. The number of rotatable bonds is 6. The number of aliphatic hydroxyl groups is 1. The largest absolute Gasteiger partial charge is 0.387 e. The van der Waals surface area contributed by atoms with Gasteiger partial charge in [0.25, 0.3) is 0 Å². The molecule has 2 aromatic rings. The van der Waals surface area contributed by atoms with Crippen LogP contribution in [0.2, 0.25) is 0 Å². The van der Waals surface area contributed by atoms with Crippen LogP contribution in [0.3, 0.4) is 0 Å². The fraction of sp³-hybridized carbons (Fsp3) is 0.750. The molecular formula is C20H31N7O3S. The van der Waals surface area contributed by atoms with E-state index >= 15 is 0 Å². The quantitative estimate of drug-likeness (QED) is 0.671. The highest BCUT2D eigenvalue weighted by Gasteiger charge is 2.40. The Morgan fingerprint density at radius 2 is 2.00 bits per heavy atom. The molecule has 1 unspecified atom stereocenters. The first-order chi connectivity index (χ1) is 14.7. The molecule has 5 rings (SSSR count). The van der Waals surface area contributed by atoms with Crippen molar-refractivity contribution in [2.75, 3.05) is 50.9 Å². The Morgan fingerprint density at radius 3 is 2.68 bits per heavy atom. The van der Waals surface area contributed by atoms with Gasteiger partial charge in [-0.15, -0.1) is 15.3 Å². The maximum Gasteiger partial charge on any atom is 0.211 e. The van der Waals surface area contributed by atoms with Crippen molar-refractivity contribution in [3.8, 4) is 0 Å². The van der Waals surface area contributed by atoms with Gasteiger partial charge in [0.2, 0.25) is 10.0 Å². The second-order valence-corrected chi connectivity index (χ2v) is 11.5. The van der Waals surface area contributed by atoms with Gasteiger partial charge in [-0.25, -0.2) is 8.42 Å². The zero-order valence-corrected chi connectivity index (χ0v) is 19.0. The van der Waals surface area contributed by atoms with Gasteiger partial charge in [-0.3, -0.25) is 4.90 Å². The predicted octanol–water partition coefficient (Wildman–Crippen LogP) is 0.299. The van der Waals surface area contributed by atoms with Crippen molar-refractivity contribution in [1.29, 1.82) is 0 Å². The first kappa shape index (κ1) is 21.0. The van der Waals surface area contributed by atoms with Crippen LogP contribution in [0.25, 0.3) is 5.65 Å². The molecule has 3 fully saturated rings. The minimum absolute atomic E-state index is 0.169. The average Bonchev–Trinajstić information content (AvgIpc) is 3.01. The first-order valence-corrected chi connectivity index (χ1v) is 12.9. The van der Waals surface area contributed by atoms with Crippen LogP contribution in [0.15, 0.2) is 12.1 Å². The Bertz CT molecular complexity index is 1060. The zero-order valence-electron chi connectivity index (χ0n) is 18.2. The normalized spacial score (nSPS) is 26.4. The third-order valence-electron chi connectivity index (χ3n) is 7.09. The summed E-state index contributed by atoms with van der Waals surface area (Å²) in [5.41, 5.74) is -0.219. The van der Waals surface area contributed by atoms with Gasteiger partial charge in [0.15, 0.2) is 11.5 Å². The number of likely N-dealkylation sites (N-methyl/N-ethyl adjacent to an activating group) is 1. The van der Waals surface area contributed by atoms with Crippen molar-refractivity contribution in [2.24, 2.45) is 0 Å². The van der Waals surface area contributed by atoms with Gasteiger partial charge in [-0.1, -0.05) is 6.42 Å². The summed E-state index contributed by atoms with van der Waals surface area (Å²) < 4.78 is 27.1. The Labute approximate surface area is 182 Å². The van der Waals surface area contributed by atoms with E-state index < -0.39 is 15.6 Å². The van der Waals surface area contributed by atoms with Crippen molar-refractivity contribution in [2.45, 2.75) is 49.7 Å². The summed E-state index contributed by atoms with van der Waals surface area (Å²) in [5.74, 6) is 2.35. The third-order valence-corrected chi connectivity index (χ3v) is 8.34. The van der Waals surface area contributed by atoms with E-state index in [4.69, 9.17) is 5.10 Å². The summed E-state index contributed by atoms with van der Waals surface area (Å²) in [5, 5.41) is 24.4. The molecule has 0 aromatic carbocycles. The van der Waals surface area contributed by atoms with Crippen LogP contribution in [0, 0.1) is 0 Å². The Hall–Kier alpha value is -1.82. The summed E-state index contributed by atoms with van der Waals surface area (Å²) >= 11 is 0. The highest BCUT2D eigenvalue weighted by molar-refractivity contribution is 7.88. The molecule has 0 amide bonds. The second-order valence-electron chi connectivity index (χ2n) is 9.55. The lowest BCUT2D eigenvalue weighted by Gasteiger charge is -2.48. The molecule has 31 heavy (non-hydrogen) atoms. The van der Waals surface area contributed by atoms with E-state index in [1.165, 1.54) is 17.0 Å². The lowest BCUT2D eigenvalue weighted by Crippen LogP contribution is -2.63. The third kappa shape index (κ3) is 4.04. The van der Waals surface area contributed by atoms with Crippen LogP contribution >= 0.6 is 0 Å². The molecule has 3 aliphatic rings. The number of hydrogen-bond donors (Lipinski definition) is 1. The standard InChI is InChI=1S/C20H31N7O3S/c1-24(13-20(28)9-4-10-26(14-20)31(2,29)30)16-11-25(12-16)18-8-7-17-21-22-19(27(17)23-18)15-5-3-6-15/h7-8,15-16,28H,3-6,9-14H2,1-2H3. The van der Waals surface area contributed by atoms with Crippen molar-refractivity contribution in [3.05, 3.63) is 18.0 Å². The highest BCUT2D eigenvalue weighted by atomic mass is 32.2. The SMILES string of the molecule is CN(CC1(O)CCCN(S(C)(=O)=O)C1)C1CN(c2ccc3nnc(C4CCC4)n3n2)C1. The highest BCUT2D eigenvalue weighted by Crippen LogP contribution is 2.35. The van der Waals surface area contributed by atoms with Gasteiger partial charge in [0.05, 0.1) is 11.9 Å². The van der Waals surface area contributed by atoms with E-state index in [1.54, 1.807) is 0 Å². The van der Waals surface area contributed by atoms with Crippen LogP contribution in [-0.2, 0) is 10.0 Å². The van der Waals surface area contributed by atoms with Crippen LogP contribution < -0.4 is 4.90 Å². The molecule has 10 nitrogen and oxygen atoms in total. The number of sulfonamides is 1. The topological polar surface area (TPSA) is 107 Å². The van der Waals surface area contributed by atoms with Crippen molar-refractivity contribution in [3.63, 3.8) is 0 Å². The minimum Gasteiger partial charge on any atom is -0.387 e. The lowest BCUT2D eigenvalue weighted by atomic mass is 9.85. The molecule has 1 saturated carbocycles. The van der Waals surface area contributed by atoms with Gasteiger partial charge in [-0.05, 0) is 44.9 Å². The maximum absolute atomic E-state index is 11.9. The summed E-state index contributed by atoms with van der Waals surface area (Å²) in [6.45, 7) is 2.76. The fourth-order valence-electron chi connectivity index (χ4n) is 4.88. The minimum atomic E-state index is -3.28. The average molecular weight is 450 g/mol. The van der Waals surface area contributed by atoms with E-state index in [-0.39, 0.29) is 6.54 Å². The molecule has 1 N–H and O–H groups in total. The van der Waals surface area contributed by atoms with Crippen LogP contribution in [0.5, 0.6) is 0 Å². The van der Waals surface area contributed by atoms with E-state index in [1.807, 2.05) is 23.7 Å². The predicted molar refractivity (Wildman–Crippen MR) is 117 cm³/mol. The van der Waals surface area contributed by atoms with Crippen molar-refractivity contribution >= 4 is 21.5 Å². The molecule has 2 aromatic heterocycles. The number of β-amino-alcohol motifs (C(OH)–C–C–N with tert-alkyl or cyclic N) is 1. The van der Waals surface area contributed by atoms with Crippen LogP contribution in [0.4, 0.5) is 5.82 Å². The van der Waals surface area contributed by atoms with Gasteiger partial charge >= 0.3 is 0 Å². The molecular weight excluding hydrogens is 418 g/mol. The van der Waals surface area contributed by atoms with Gasteiger partial charge in [0.1, 0.15) is 5.82 Å². The molecule has 11 heteroatoms. The summed E-state index contributed by atoms with van der Waals surface area (Å²) in [6.07, 6.45) is 6.07. The molecule has 0 radical (unpaired) electrons. The van der Waals surface area contributed by atoms with Gasteiger partial charge < -0.3 is 10.0 Å². The van der Waals surface area contributed by atoms with Crippen molar-refractivity contribution < 1.29 is 13.5 Å². The Balaban J connectivity index is 1.21. The maximum atomic E-state index is 11.9. The van der Waals surface area contributed by atoms with E-state index in [9.17, 15) is 13.5 Å². The van der Waals surface area contributed by atoms with Crippen molar-refractivity contribution in [1.82, 2.24) is 29.0 Å². The lowest BCUT2D eigenvalue weighted by molar-refractivity contribution is -0.0395. The second kappa shape index (κ2) is 7.65. The smallest absolute Gasteiger partial charge is 0.211 e. The number of anilines is 1. The number of fused-ring (bicyclic) bond motifs is 1. The van der Waals surface area contributed by atoms with E-state index in [0.717, 1.165) is 43.2 Å². The first-order valence-electron chi connectivity index (χ1n) is 11.1. The monoisotopic (exact) mass is 449 g/mol. The molecule has 0 spiro atoms. The Kier molecular flexibility index (Phi) is 5.19. The molecule has 1 aliphatic carbocycles. The zero-order chi connectivity index (χ0) is 21.8. The molecule has 0 bridgehead atoms. The van der Waals surface area contributed by atoms with Crippen LogP contribution in [0.1, 0.15) is 43.8 Å². The molecule has 2 saturated heterocycles. The number of aromatic nitrogens is 4. The molecule has 1 atom stereocenters. The van der Waals surface area contributed by atoms with E-state index in [0.29, 0.717) is 37.9 Å². The molecule has 170 valence electrons. The van der Waals surface area contributed by atoms with Crippen LogP contribution in [-0.4, -0.2) is 100 Å². The molecule has 4 heterocycles. The molecule has 2 aliphatic heterocycles. The number of nitrogens with zero attached hydrogens (tertiary/aromatic N) is 7. The fourth-order valence-corrected chi connectivity index (χ4v) is 5.82. The number of hydrogen-bond acceptors (Lipinski definition) is 8. The Morgan fingerprint density at radius 1 is 1.23 bits per heavy atom. The van der Waals surface area contributed by atoms with Gasteiger partial charge in [-0.2, -0.15) is 8.82 Å². The summed E-state index contributed by atoms with van der Waals surface area (Å²) in [7, 11) is -1.28. The summed E-state index contributed by atoms with van der Waals surface area (Å²) in [6, 6.07) is 4.25. The summed E-state index contributed by atoms with van der Waals surface area (Å²) in [4.78, 5) is 4.37. The van der Waals surface area contributed by atoms with E-state index in [2.05, 4.69) is 20.0 Å².